The molecule has 3 amide bonds. The van der Waals surface area contributed by atoms with Gasteiger partial charge in [0, 0.05) is 18.8 Å². The number of hydrogen-bond acceptors (Lipinski definition) is 2. The van der Waals surface area contributed by atoms with Gasteiger partial charge in [-0.25, -0.2) is 4.79 Å². The van der Waals surface area contributed by atoms with Gasteiger partial charge in [-0.2, -0.15) is 0 Å². The van der Waals surface area contributed by atoms with Crippen molar-refractivity contribution in [1.29, 1.82) is 0 Å². The highest BCUT2D eigenvalue weighted by Gasteiger charge is 2.35. The van der Waals surface area contributed by atoms with E-state index in [4.69, 9.17) is 0 Å². The minimum Gasteiger partial charge on any atom is -0.342 e. The molecule has 2 N–H and O–H groups in total. The number of amides is 3. The molecule has 0 saturated carbocycles. The van der Waals surface area contributed by atoms with E-state index in [0.29, 0.717) is 13.1 Å². The van der Waals surface area contributed by atoms with E-state index >= 15 is 0 Å². The molecule has 5 heteroatoms. The third-order valence-corrected chi connectivity index (χ3v) is 6.42. The first-order valence-electron chi connectivity index (χ1n) is 11.5. The van der Waals surface area contributed by atoms with E-state index in [1.165, 1.54) is 0 Å². The van der Waals surface area contributed by atoms with Gasteiger partial charge in [0.2, 0.25) is 5.91 Å². The van der Waals surface area contributed by atoms with Crippen molar-refractivity contribution in [1.82, 2.24) is 10.2 Å². The molecule has 1 saturated heterocycles. The summed E-state index contributed by atoms with van der Waals surface area (Å²) in [6.45, 7) is 5.09. The molecule has 1 aliphatic rings. The Morgan fingerprint density at radius 1 is 0.909 bits per heavy atom. The van der Waals surface area contributed by atoms with Crippen LogP contribution in [0.25, 0.3) is 0 Å². The number of urea groups is 1. The first-order chi connectivity index (χ1) is 16.0. The van der Waals surface area contributed by atoms with Crippen molar-refractivity contribution in [3.63, 3.8) is 0 Å². The Labute approximate surface area is 195 Å². The number of rotatable bonds is 5. The topological polar surface area (TPSA) is 61.4 Å². The Balaban J connectivity index is 1.49. The van der Waals surface area contributed by atoms with E-state index in [1.54, 1.807) is 4.90 Å². The van der Waals surface area contributed by atoms with E-state index in [-0.39, 0.29) is 17.9 Å². The van der Waals surface area contributed by atoms with Crippen LogP contribution in [-0.2, 0) is 10.3 Å². The SMILES string of the molecule is Cc1cccc(NC(=O)N2CCCC(C(=O)NC(C)(c3ccccc3)c3ccccc3)C2)c1. The number of nitrogens with zero attached hydrogens (tertiary/aromatic N) is 1. The molecule has 3 aromatic carbocycles. The zero-order chi connectivity index (χ0) is 23.3. The molecule has 0 spiro atoms. The second-order valence-electron chi connectivity index (χ2n) is 8.93. The predicted molar refractivity (Wildman–Crippen MR) is 132 cm³/mol. The van der Waals surface area contributed by atoms with Crippen molar-refractivity contribution in [2.45, 2.75) is 32.2 Å². The largest absolute Gasteiger partial charge is 0.342 e. The summed E-state index contributed by atoms with van der Waals surface area (Å²) in [5.74, 6) is -0.285. The predicted octanol–water partition coefficient (Wildman–Crippen LogP) is 5.32. The molecule has 3 aromatic rings. The smallest absolute Gasteiger partial charge is 0.321 e. The van der Waals surface area contributed by atoms with Gasteiger partial charge in [-0.1, -0.05) is 72.8 Å². The second kappa shape index (κ2) is 9.90. The van der Waals surface area contributed by atoms with Crippen LogP contribution in [0.2, 0.25) is 0 Å². The van der Waals surface area contributed by atoms with Crippen LogP contribution in [-0.4, -0.2) is 29.9 Å². The van der Waals surface area contributed by atoms with Crippen molar-refractivity contribution in [2.24, 2.45) is 5.92 Å². The Bertz CT molecular complexity index is 1060. The van der Waals surface area contributed by atoms with Gasteiger partial charge in [0.1, 0.15) is 0 Å². The summed E-state index contributed by atoms with van der Waals surface area (Å²) < 4.78 is 0. The third kappa shape index (κ3) is 5.25. The minimum atomic E-state index is -0.661. The summed E-state index contributed by atoms with van der Waals surface area (Å²) in [4.78, 5) is 28.1. The van der Waals surface area contributed by atoms with E-state index in [0.717, 1.165) is 35.2 Å². The van der Waals surface area contributed by atoms with Gasteiger partial charge in [0.05, 0.1) is 11.5 Å². The summed E-state index contributed by atoms with van der Waals surface area (Å²) in [5.41, 5.74) is 3.24. The highest BCUT2D eigenvalue weighted by atomic mass is 16.2. The lowest BCUT2D eigenvalue weighted by atomic mass is 9.83. The summed E-state index contributed by atoms with van der Waals surface area (Å²) in [5, 5.41) is 6.28. The molecule has 170 valence electrons. The fourth-order valence-electron chi connectivity index (χ4n) is 4.50. The quantitative estimate of drug-likeness (QED) is 0.563. The van der Waals surface area contributed by atoms with Gasteiger partial charge >= 0.3 is 6.03 Å². The maximum Gasteiger partial charge on any atom is 0.321 e. The lowest BCUT2D eigenvalue weighted by molar-refractivity contribution is -0.127. The number of hydrogen-bond donors (Lipinski definition) is 2. The van der Waals surface area contributed by atoms with E-state index < -0.39 is 5.54 Å². The maximum absolute atomic E-state index is 13.5. The Kier molecular flexibility index (Phi) is 6.78. The third-order valence-electron chi connectivity index (χ3n) is 6.42. The van der Waals surface area contributed by atoms with Gasteiger partial charge < -0.3 is 15.5 Å². The van der Waals surface area contributed by atoms with Gasteiger partial charge in [-0.15, -0.1) is 0 Å². The molecule has 33 heavy (non-hydrogen) atoms. The molecule has 0 radical (unpaired) electrons. The van der Waals surface area contributed by atoms with E-state index in [1.807, 2.05) is 98.8 Å². The first kappa shape index (κ1) is 22.6. The summed E-state index contributed by atoms with van der Waals surface area (Å²) >= 11 is 0. The highest BCUT2D eigenvalue weighted by Crippen LogP contribution is 2.30. The van der Waals surface area contributed by atoms with Gasteiger partial charge in [-0.3, -0.25) is 4.79 Å². The van der Waals surface area contributed by atoms with Crippen LogP contribution in [0.5, 0.6) is 0 Å². The zero-order valence-corrected chi connectivity index (χ0v) is 19.3. The molecule has 1 fully saturated rings. The van der Waals surface area contributed by atoms with Crippen LogP contribution < -0.4 is 10.6 Å². The van der Waals surface area contributed by atoms with Gasteiger partial charge in [-0.05, 0) is 55.5 Å². The Hall–Kier alpha value is -3.60. The van der Waals surface area contributed by atoms with Crippen LogP contribution >= 0.6 is 0 Å². The van der Waals surface area contributed by atoms with Crippen LogP contribution in [0.1, 0.15) is 36.5 Å². The molecule has 1 atom stereocenters. The lowest BCUT2D eigenvalue weighted by Gasteiger charge is -2.37. The second-order valence-corrected chi connectivity index (χ2v) is 8.93. The van der Waals surface area contributed by atoms with Crippen LogP contribution in [0, 0.1) is 12.8 Å². The average molecular weight is 442 g/mol. The van der Waals surface area contributed by atoms with Crippen molar-refractivity contribution >= 4 is 17.6 Å². The van der Waals surface area contributed by atoms with Crippen molar-refractivity contribution in [3.8, 4) is 0 Å². The number of anilines is 1. The molecule has 1 heterocycles. The first-order valence-corrected chi connectivity index (χ1v) is 11.5. The molecule has 0 aliphatic carbocycles. The van der Waals surface area contributed by atoms with Crippen molar-refractivity contribution in [2.75, 3.05) is 18.4 Å². The standard InChI is InChI=1S/C28H31N3O2/c1-21-11-9-17-25(19-21)29-27(33)31-18-10-12-22(20-31)26(32)30-28(2,23-13-5-3-6-14-23)24-15-7-4-8-16-24/h3-9,11,13-17,19,22H,10,12,18,20H2,1-2H3,(H,29,33)(H,30,32). The van der Waals surface area contributed by atoms with Crippen LogP contribution in [0.3, 0.4) is 0 Å². The Morgan fingerprint density at radius 2 is 1.55 bits per heavy atom. The van der Waals surface area contributed by atoms with E-state index in [9.17, 15) is 9.59 Å². The zero-order valence-electron chi connectivity index (χ0n) is 19.3. The van der Waals surface area contributed by atoms with Crippen LogP contribution in [0.4, 0.5) is 10.5 Å². The molecular formula is C28H31N3O2. The fraction of sp³-hybridized carbons (Fsp3) is 0.286. The molecule has 1 unspecified atom stereocenters. The summed E-state index contributed by atoms with van der Waals surface area (Å²) in [6.07, 6.45) is 1.56. The number of piperidine rings is 1. The molecular weight excluding hydrogens is 410 g/mol. The normalized spacial score (nSPS) is 16.2. The van der Waals surface area contributed by atoms with Crippen molar-refractivity contribution in [3.05, 3.63) is 102 Å². The Morgan fingerprint density at radius 3 is 2.15 bits per heavy atom. The fourth-order valence-corrected chi connectivity index (χ4v) is 4.50. The van der Waals surface area contributed by atoms with E-state index in [2.05, 4.69) is 10.6 Å². The molecule has 5 nitrogen and oxygen atoms in total. The number of benzene rings is 3. The molecule has 4 rings (SSSR count). The maximum atomic E-state index is 13.5. The lowest BCUT2D eigenvalue weighted by Crippen LogP contribution is -2.51. The molecule has 1 aliphatic heterocycles. The summed E-state index contributed by atoms with van der Waals surface area (Å²) in [7, 11) is 0. The van der Waals surface area contributed by atoms with Gasteiger partial charge in [0.15, 0.2) is 0 Å². The van der Waals surface area contributed by atoms with Gasteiger partial charge in [0.25, 0.3) is 0 Å². The number of carbonyl (C=O) groups excluding carboxylic acids is 2. The number of carbonyl (C=O) groups is 2. The van der Waals surface area contributed by atoms with Crippen LogP contribution in [0.15, 0.2) is 84.9 Å². The number of likely N-dealkylation sites (tertiary alicyclic amines) is 1. The molecule has 0 aromatic heterocycles. The van der Waals surface area contributed by atoms with Crippen molar-refractivity contribution < 1.29 is 9.59 Å². The number of nitrogens with one attached hydrogen (secondary N) is 2. The minimum absolute atomic E-state index is 0.0294. The summed E-state index contributed by atoms with van der Waals surface area (Å²) in [6, 6.07) is 27.6. The highest BCUT2D eigenvalue weighted by molar-refractivity contribution is 5.90. The monoisotopic (exact) mass is 441 g/mol. The number of aryl methyl sites for hydroxylation is 1. The average Bonchev–Trinajstić information content (AvgIpc) is 2.85. The molecule has 0 bridgehead atoms.